The summed E-state index contributed by atoms with van der Waals surface area (Å²) in [4.78, 5) is 17.8. The summed E-state index contributed by atoms with van der Waals surface area (Å²) in [5, 5.41) is 3.38. The van der Waals surface area contributed by atoms with Gasteiger partial charge in [-0.05, 0) is 60.7 Å². The number of methoxy groups -OCH3 is 1. The summed E-state index contributed by atoms with van der Waals surface area (Å²) in [6, 6.07) is 14.9. The summed E-state index contributed by atoms with van der Waals surface area (Å²) in [5.74, 6) is -0.231. The van der Waals surface area contributed by atoms with Gasteiger partial charge in [-0.25, -0.2) is 9.18 Å². The van der Waals surface area contributed by atoms with Gasteiger partial charge >= 0.3 is 5.97 Å². The van der Waals surface area contributed by atoms with Gasteiger partial charge in [-0.3, -0.25) is 4.98 Å². The summed E-state index contributed by atoms with van der Waals surface area (Å²) >= 11 is 1.46. The summed E-state index contributed by atoms with van der Waals surface area (Å²) in [7, 11) is 1.38. The molecule has 4 nitrogen and oxygen atoms in total. The molecule has 30 heavy (non-hydrogen) atoms. The van der Waals surface area contributed by atoms with E-state index in [-0.39, 0.29) is 11.8 Å². The number of anilines is 1. The van der Waals surface area contributed by atoms with Crippen LogP contribution in [-0.4, -0.2) is 24.6 Å². The number of nitrogens with one attached hydrogen (secondary N) is 1. The molecule has 6 heteroatoms. The fourth-order valence-electron chi connectivity index (χ4n) is 3.88. The molecule has 1 aromatic heterocycles. The second-order valence-electron chi connectivity index (χ2n) is 7.28. The number of aryl methyl sites for hydroxylation is 1. The topological polar surface area (TPSA) is 51.2 Å². The average Bonchev–Trinajstić information content (AvgIpc) is 2.78. The van der Waals surface area contributed by atoms with Crippen LogP contribution in [0.25, 0.3) is 0 Å². The van der Waals surface area contributed by atoms with E-state index >= 15 is 0 Å². The van der Waals surface area contributed by atoms with Crippen molar-refractivity contribution >= 4 is 23.4 Å². The molecule has 1 heterocycles. The lowest BCUT2D eigenvalue weighted by Crippen LogP contribution is -2.19. The van der Waals surface area contributed by atoms with Crippen LogP contribution in [0.2, 0.25) is 0 Å². The molecular weight excluding hydrogens is 399 g/mol. The molecule has 0 radical (unpaired) electrons. The number of fused-ring (bicyclic) bond motifs is 1. The van der Waals surface area contributed by atoms with E-state index in [0.29, 0.717) is 28.6 Å². The minimum absolute atomic E-state index is 0.194. The van der Waals surface area contributed by atoms with Crippen molar-refractivity contribution in [3.8, 4) is 0 Å². The molecule has 0 unspecified atom stereocenters. The fourth-order valence-corrected chi connectivity index (χ4v) is 4.78. The second-order valence-corrected chi connectivity index (χ2v) is 8.39. The highest BCUT2D eigenvalue weighted by molar-refractivity contribution is 7.99. The smallest absolute Gasteiger partial charge is 0.340 e. The lowest BCUT2D eigenvalue weighted by atomic mass is 9.83. The zero-order chi connectivity index (χ0) is 20.9. The predicted molar refractivity (Wildman–Crippen MR) is 117 cm³/mol. The Kier molecular flexibility index (Phi) is 6.33. The molecule has 0 aliphatic heterocycles. The first kappa shape index (κ1) is 20.4. The van der Waals surface area contributed by atoms with Crippen molar-refractivity contribution in [2.24, 2.45) is 0 Å². The number of halogens is 1. The SMILES string of the molecule is COC(=O)c1ccncc1NC[C@@H]1CCCc2cc(Sc3ccccc3F)ccc21. The number of hydrogen-bond acceptors (Lipinski definition) is 5. The van der Waals surface area contributed by atoms with Gasteiger partial charge in [0, 0.05) is 28.5 Å². The number of pyridine rings is 1. The van der Waals surface area contributed by atoms with Gasteiger partial charge < -0.3 is 10.1 Å². The fraction of sp³-hybridized carbons (Fsp3) is 0.250. The quantitative estimate of drug-likeness (QED) is 0.517. The molecule has 0 amide bonds. The number of aromatic nitrogens is 1. The standard InChI is InChI=1S/C24H23FN2O2S/c1-29-24(28)20-11-12-26-15-22(20)27-14-17-6-4-5-16-13-18(9-10-19(16)17)30-23-8-3-2-7-21(23)25/h2-3,7-13,15,17,27H,4-6,14H2,1H3/t17-/m0/s1. The number of ether oxygens (including phenoxy) is 1. The van der Waals surface area contributed by atoms with Crippen LogP contribution in [0.3, 0.4) is 0 Å². The van der Waals surface area contributed by atoms with Crippen molar-refractivity contribution in [2.75, 3.05) is 19.0 Å². The third kappa shape index (κ3) is 4.49. The largest absolute Gasteiger partial charge is 0.465 e. The number of nitrogens with zero attached hydrogens (tertiary/aromatic N) is 1. The molecular formula is C24H23FN2O2S. The van der Waals surface area contributed by atoms with Gasteiger partial charge in [0.1, 0.15) is 5.82 Å². The molecule has 1 aliphatic rings. The maximum Gasteiger partial charge on any atom is 0.340 e. The van der Waals surface area contributed by atoms with Gasteiger partial charge in [0.05, 0.1) is 24.6 Å². The Morgan fingerprint density at radius 2 is 2.13 bits per heavy atom. The number of esters is 1. The van der Waals surface area contributed by atoms with Crippen molar-refractivity contribution < 1.29 is 13.9 Å². The summed E-state index contributed by atoms with van der Waals surface area (Å²) in [5.41, 5.74) is 3.80. The van der Waals surface area contributed by atoms with E-state index in [4.69, 9.17) is 4.74 Å². The van der Waals surface area contributed by atoms with E-state index in [9.17, 15) is 9.18 Å². The molecule has 4 rings (SSSR count). The Morgan fingerprint density at radius 1 is 1.27 bits per heavy atom. The van der Waals surface area contributed by atoms with E-state index < -0.39 is 0 Å². The van der Waals surface area contributed by atoms with Crippen LogP contribution in [0.15, 0.2) is 70.7 Å². The molecule has 0 bridgehead atoms. The van der Waals surface area contributed by atoms with Crippen molar-refractivity contribution in [3.63, 3.8) is 0 Å². The number of hydrogen-bond donors (Lipinski definition) is 1. The van der Waals surface area contributed by atoms with Crippen LogP contribution in [0.4, 0.5) is 10.1 Å². The van der Waals surface area contributed by atoms with Gasteiger partial charge in [0.2, 0.25) is 0 Å². The van der Waals surface area contributed by atoms with Gasteiger partial charge in [0.15, 0.2) is 0 Å². The maximum atomic E-state index is 14.0. The van der Waals surface area contributed by atoms with Crippen molar-refractivity contribution in [1.82, 2.24) is 4.98 Å². The van der Waals surface area contributed by atoms with E-state index in [1.54, 1.807) is 30.6 Å². The molecule has 3 aromatic rings. The van der Waals surface area contributed by atoms with E-state index in [0.717, 1.165) is 24.2 Å². The number of carbonyl (C=O) groups excluding carboxylic acids is 1. The summed E-state index contributed by atoms with van der Waals surface area (Å²) in [6.45, 7) is 0.711. The lowest BCUT2D eigenvalue weighted by molar-refractivity contribution is 0.0601. The first-order chi connectivity index (χ1) is 14.7. The third-order valence-electron chi connectivity index (χ3n) is 5.38. The lowest BCUT2D eigenvalue weighted by Gasteiger charge is -2.27. The molecule has 154 valence electrons. The molecule has 0 spiro atoms. The molecule has 1 aliphatic carbocycles. The van der Waals surface area contributed by atoms with Crippen molar-refractivity contribution in [2.45, 2.75) is 35.0 Å². The monoisotopic (exact) mass is 422 g/mol. The Labute approximate surface area is 179 Å². The molecule has 0 fully saturated rings. The molecule has 1 atom stereocenters. The van der Waals surface area contributed by atoms with Crippen LogP contribution in [0, 0.1) is 5.82 Å². The Balaban J connectivity index is 1.50. The molecule has 0 saturated carbocycles. The number of carbonyl (C=O) groups is 1. The van der Waals surface area contributed by atoms with E-state index in [1.807, 2.05) is 6.07 Å². The minimum atomic E-state index is -0.376. The van der Waals surface area contributed by atoms with Crippen molar-refractivity contribution in [3.05, 3.63) is 83.4 Å². The Bertz CT molecular complexity index is 1060. The van der Waals surface area contributed by atoms with E-state index in [1.165, 1.54) is 36.1 Å². The third-order valence-corrected chi connectivity index (χ3v) is 6.42. The highest BCUT2D eigenvalue weighted by atomic mass is 32.2. The second kappa shape index (κ2) is 9.30. The van der Waals surface area contributed by atoms with E-state index in [2.05, 4.69) is 28.5 Å². The minimum Gasteiger partial charge on any atom is -0.465 e. The van der Waals surface area contributed by atoms with Crippen LogP contribution < -0.4 is 5.32 Å². The number of benzene rings is 2. The molecule has 2 aromatic carbocycles. The van der Waals surface area contributed by atoms with Gasteiger partial charge in [-0.2, -0.15) is 0 Å². The average molecular weight is 423 g/mol. The zero-order valence-corrected chi connectivity index (χ0v) is 17.5. The highest BCUT2D eigenvalue weighted by Gasteiger charge is 2.21. The van der Waals surface area contributed by atoms with Crippen LogP contribution in [-0.2, 0) is 11.2 Å². The Morgan fingerprint density at radius 3 is 2.97 bits per heavy atom. The normalized spacial score (nSPS) is 15.3. The van der Waals surface area contributed by atoms with Crippen LogP contribution >= 0.6 is 11.8 Å². The first-order valence-corrected chi connectivity index (χ1v) is 10.8. The van der Waals surface area contributed by atoms with Crippen molar-refractivity contribution in [1.29, 1.82) is 0 Å². The van der Waals surface area contributed by atoms with Crippen LogP contribution in [0.1, 0.15) is 40.2 Å². The Hall–Kier alpha value is -2.86. The van der Waals surface area contributed by atoms with Gasteiger partial charge in [-0.1, -0.05) is 30.0 Å². The maximum absolute atomic E-state index is 14.0. The molecule has 1 N–H and O–H groups in total. The summed E-state index contributed by atoms with van der Waals surface area (Å²) in [6.07, 6.45) is 6.45. The predicted octanol–water partition coefficient (Wildman–Crippen LogP) is 5.69. The van der Waals surface area contributed by atoms with Gasteiger partial charge in [0.25, 0.3) is 0 Å². The number of rotatable bonds is 6. The first-order valence-electron chi connectivity index (χ1n) is 9.97. The van der Waals surface area contributed by atoms with Gasteiger partial charge in [-0.15, -0.1) is 0 Å². The summed E-state index contributed by atoms with van der Waals surface area (Å²) < 4.78 is 18.8. The molecule has 0 saturated heterocycles. The van der Waals surface area contributed by atoms with Crippen LogP contribution in [0.5, 0.6) is 0 Å². The highest BCUT2D eigenvalue weighted by Crippen LogP contribution is 2.37. The zero-order valence-electron chi connectivity index (χ0n) is 16.7.